The number of ether oxygens (including phenoxy) is 1. The maximum Gasteiger partial charge on any atom is 0.348 e. The molecule has 1 heterocycles. The summed E-state index contributed by atoms with van der Waals surface area (Å²) in [6.07, 6.45) is 2.61. The number of hydrogen-bond donors (Lipinski definition) is 0. The lowest BCUT2D eigenvalue weighted by Gasteiger charge is -2.11. The van der Waals surface area contributed by atoms with Gasteiger partial charge in [0.2, 0.25) is 0 Å². The molecule has 0 N–H and O–H groups in total. The summed E-state index contributed by atoms with van der Waals surface area (Å²) >= 11 is 1.45. The molecule has 0 radical (unpaired) electrons. The van der Waals surface area contributed by atoms with Crippen molar-refractivity contribution in [2.75, 3.05) is 6.26 Å². The number of carbonyl (C=O) groups is 1. The van der Waals surface area contributed by atoms with Gasteiger partial charge in [-0.2, -0.15) is 0 Å². The zero-order chi connectivity index (χ0) is 14.9. The summed E-state index contributed by atoms with van der Waals surface area (Å²) in [6.45, 7) is 4.16. The van der Waals surface area contributed by atoms with Crippen LogP contribution in [0.25, 0.3) is 0 Å². The number of sulfone groups is 1. The first-order valence-corrected chi connectivity index (χ1v) is 9.54. The molecule has 0 spiro atoms. The number of esters is 1. The van der Waals surface area contributed by atoms with Crippen molar-refractivity contribution in [1.29, 1.82) is 0 Å². The van der Waals surface area contributed by atoms with Gasteiger partial charge in [0.05, 0.1) is 5.25 Å². The van der Waals surface area contributed by atoms with Gasteiger partial charge in [0.15, 0.2) is 0 Å². The summed E-state index contributed by atoms with van der Waals surface area (Å²) < 4.78 is 28.4. The van der Waals surface area contributed by atoms with Crippen LogP contribution in [0.4, 0.5) is 0 Å². The Morgan fingerprint density at radius 1 is 1.35 bits per heavy atom. The topological polar surface area (TPSA) is 60.4 Å². The van der Waals surface area contributed by atoms with Gasteiger partial charge >= 0.3 is 5.97 Å². The van der Waals surface area contributed by atoms with E-state index in [4.69, 9.17) is 4.74 Å². The molecule has 1 aliphatic rings. The molecule has 1 fully saturated rings. The fraction of sp³-hybridized carbons (Fsp3) is 0.643. The van der Waals surface area contributed by atoms with E-state index < -0.39 is 9.84 Å². The van der Waals surface area contributed by atoms with Gasteiger partial charge in [-0.3, -0.25) is 0 Å². The number of carbonyl (C=O) groups excluding carboxylic acids is 1. The highest BCUT2D eigenvalue weighted by Gasteiger charge is 2.34. The van der Waals surface area contributed by atoms with E-state index in [0.717, 1.165) is 4.88 Å². The molecule has 4 nitrogen and oxygen atoms in total. The number of rotatable bonds is 4. The maximum absolute atomic E-state index is 12.0. The Morgan fingerprint density at radius 3 is 2.55 bits per heavy atom. The summed E-state index contributed by atoms with van der Waals surface area (Å²) in [5.74, 6) is 0.0590. The highest BCUT2D eigenvalue weighted by atomic mass is 32.2. The van der Waals surface area contributed by atoms with Gasteiger partial charge in [-0.25, -0.2) is 13.2 Å². The minimum atomic E-state index is -3.03. The van der Waals surface area contributed by atoms with Crippen LogP contribution in [0, 0.1) is 0 Å². The predicted molar refractivity (Wildman–Crippen MR) is 80.1 cm³/mol. The Bertz CT molecular complexity index is 586. The van der Waals surface area contributed by atoms with Crippen molar-refractivity contribution < 1.29 is 17.9 Å². The number of thiophene rings is 1. The van der Waals surface area contributed by atoms with Crippen LogP contribution >= 0.6 is 11.3 Å². The quantitative estimate of drug-likeness (QED) is 0.801. The van der Waals surface area contributed by atoms with Crippen molar-refractivity contribution >= 4 is 27.1 Å². The molecule has 20 heavy (non-hydrogen) atoms. The van der Waals surface area contributed by atoms with Gasteiger partial charge in [0.1, 0.15) is 20.8 Å². The maximum atomic E-state index is 12.0. The average Bonchev–Trinajstić information content (AvgIpc) is 2.95. The van der Waals surface area contributed by atoms with E-state index in [-0.39, 0.29) is 17.3 Å². The van der Waals surface area contributed by atoms with Crippen LogP contribution in [0.1, 0.15) is 53.6 Å². The van der Waals surface area contributed by atoms with Crippen LogP contribution in [0.15, 0.2) is 12.1 Å². The van der Waals surface area contributed by atoms with E-state index in [1.807, 2.05) is 6.07 Å². The SMILES string of the molecule is CC(C)c1ccc(C(=O)O[C@H]2CC[C@@H](S(C)(=O)=O)C2)s1. The molecule has 6 heteroatoms. The predicted octanol–water partition coefficient (Wildman–Crippen LogP) is 2.99. The molecule has 1 aliphatic carbocycles. The van der Waals surface area contributed by atoms with Crippen LogP contribution in [-0.2, 0) is 14.6 Å². The second-order valence-electron chi connectivity index (χ2n) is 5.65. The summed E-state index contributed by atoms with van der Waals surface area (Å²) in [6, 6.07) is 3.73. The Labute approximate surface area is 124 Å². The summed E-state index contributed by atoms with van der Waals surface area (Å²) in [5, 5.41) is -0.366. The van der Waals surface area contributed by atoms with Gasteiger partial charge in [-0.1, -0.05) is 13.8 Å². The molecule has 0 aromatic carbocycles. The molecule has 2 rings (SSSR count). The zero-order valence-corrected chi connectivity index (χ0v) is 13.6. The third-order valence-corrected chi connectivity index (χ3v) is 6.62. The molecule has 0 aliphatic heterocycles. The molecule has 0 saturated heterocycles. The zero-order valence-electron chi connectivity index (χ0n) is 12.0. The second kappa shape index (κ2) is 5.85. The lowest BCUT2D eigenvalue weighted by atomic mass is 10.2. The van der Waals surface area contributed by atoms with E-state index in [1.165, 1.54) is 17.6 Å². The second-order valence-corrected chi connectivity index (χ2v) is 9.09. The van der Waals surface area contributed by atoms with Crippen LogP contribution in [0.3, 0.4) is 0 Å². The van der Waals surface area contributed by atoms with Gasteiger partial charge in [0.25, 0.3) is 0 Å². The van der Waals surface area contributed by atoms with E-state index in [0.29, 0.717) is 30.1 Å². The van der Waals surface area contributed by atoms with Crippen LogP contribution in [0.5, 0.6) is 0 Å². The monoisotopic (exact) mass is 316 g/mol. The molecule has 1 saturated carbocycles. The molecular formula is C14H20O4S2. The lowest BCUT2D eigenvalue weighted by molar-refractivity contribution is 0.0324. The molecule has 0 unspecified atom stereocenters. The van der Waals surface area contributed by atoms with E-state index >= 15 is 0 Å². The Hall–Kier alpha value is -0.880. The molecule has 0 amide bonds. The minimum absolute atomic E-state index is 0.271. The van der Waals surface area contributed by atoms with Gasteiger partial charge in [0, 0.05) is 17.6 Å². The van der Waals surface area contributed by atoms with Crippen molar-refractivity contribution in [3.05, 3.63) is 21.9 Å². The smallest absolute Gasteiger partial charge is 0.348 e. The Balaban J connectivity index is 1.95. The fourth-order valence-electron chi connectivity index (χ4n) is 2.38. The first-order valence-electron chi connectivity index (χ1n) is 6.77. The van der Waals surface area contributed by atoms with Crippen LogP contribution in [0.2, 0.25) is 0 Å². The molecular weight excluding hydrogens is 296 g/mol. The van der Waals surface area contributed by atoms with Crippen LogP contribution < -0.4 is 0 Å². The van der Waals surface area contributed by atoms with Gasteiger partial charge in [-0.15, -0.1) is 11.3 Å². The van der Waals surface area contributed by atoms with Gasteiger partial charge < -0.3 is 4.74 Å². The summed E-state index contributed by atoms with van der Waals surface area (Å²) in [7, 11) is -3.03. The van der Waals surface area contributed by atoms with Crippen molar-refractivity contribution in [1.82, 2.24) is 0 Å². The molecule has 0 bridgehead atoms. The highest BCUT2D eigenvalue weighted by molar-refractivity contribution is 7.91. The molecule has 2 atom stereocenters. The summed E-state index contributed by atoms with van der Waals surface area (Å²) in [4.78, 5) is 13.8. The molecule has 1 aromatic rings. The molecule has 1 aromatic heterocycles. The Kier molecular flexibility index (Phi) is 4.54. The normalized spacial score (nSPS) is 23.2. The highest BCUT2D eigenvalue weighted by Crippen LogP contribution is 2.29. The third-order valence-electron chi connectivity index (χ3n) is 3.61. The van der Waals surface area contributed by atoms with Crippen molar-refractivity contribution in [2.45, 2.75) is 50.4 Å². The van der Waals surface area contributed by atoms with Crippen molar-refractivity contribution in [2.24, 2.45) is 0 Å². The van der Waals surface area contributed by atoms with Crippen molar-refractivity contribution in [3.63, 3.8) is 0 Å². The van der Waals surface area contributed by atoms with Gasteiger partial charge in [-0.05, 0) is 30.9 Å². The first kappa shape index (κ1) is 15.5. The van der Waals surface area contributed by atoms with Crippen LogP contribution in [-0.4, -0.2) is 32.0 Å². The molecule has 112 valence electrons. The largest absolute Gasteiger partial charge is 0.458 e. The minimum Gasteiger partial charge on any atom is -0.458 e. The number of hydrogen-bond acceptors (Lipinski definition) is 5. The summed E-state index contributed by atoms with van der Waals surface area (Å²) in [5.41, 5.74) is 0. The first-order chi connectivity index (χ1) is 9.27. The Morgan fingerprint density at radius 2 is 2.05 bits per heavy atom. The van der Waals surface area contributed by atoms with Crippen molar-refractivity contribution in [3.8, 4) is 0 Å². The average molecular weight is 316 g/mol. The van der Waals surface area contributed by atoms with E-state index in [1.54, 1.807) is 6.07 Å². The fourth-order valence-corrected chi connectivity index (χ4v) is 4.40. The van der Waals surface area contributed by atoms with E-state index in [9.17, 15) is 13.2 Å². The lowest BCUT2D eigenvalue weighted by Crippen LogP contribution is -2.19. The van der Waals surface area contributed by atoms with E-state index in [2.05, 4.69) is 13.8 Å². The third kappa shape index (κ3) is 3.61. The standard InChI is InChI=1S/C14H20O4S2/c1-9(2)12-6-7-13(19-12)14(15)18-10-4-5-11(8-10)20(3,16)17/h6-7,9-11H,4-5,8H2,1-3H3/t10-,11+/m0/s1.